The minimum atomic E-state index is -0.615. The van der Waals surface area contributed by atoms with Crippen LogP contribution in [0.25, 0.3) is 0 Å². The van der Waals surface area contributed by atoms with Gasteiger partial charge in [0.2, 0.25) is 5.91 Å². The van der Waals surface area contributed by atoms with Crippen LogP contribution in [0.1, 0.15) is 46.0 Å². The first-order valence-corrected chi connectivity index (χ1v) is 11.5. The van der Waals surface area contributed by atoms with Gasteiger partial charge in [0.1, 0.15) is 18.1 Å². The molecule has 0 spiro atoms. The molecular formula is C28H30N2O6. The smallest absolute Gasteiger partial charge is 0.408 e. The number of benzene rings is 2. The molecule has 1 unspecified atom stereocenters. The van der Waals surface area contributed by atoms with Crippen LogP contribution in [-0.2, 0) is 27.4 Å². The summed E-state index contributed by atoms with van der Waals surface area (Å²) in [6.45, 7) is 4.00. The van der Waals surface area contributed by atoms with Crippen LogP contribution in [0.2, 0.25) is 0 Å². The van der Waals surface area contributed by atoms with E-state index >= 15 is 0 Å². The van der Waals surface area contributed by atoms with Crippen molar-refractivity contribution in [3.63, 3.8) is 0 Å². The highest BCUT2D eigenvalue weighted by molar-refractivity contribution is 5.89. The zero-order valence-corrected chi connectivity index (χ0v) is 20.5. The number of ether oxygens (including phenoxy) is 2. The van der Waals surface area contributed by atoms with Crippen molar-refractivity contribution in [2.45, 2.75) is 33.0 Å². The van der Waals surface area contributed by atoms with Gasteiger partial charge in [-0.3, -0.25) is 4.79 Å². The quantitative estimate of drug-likeness (QED) is 0.311. The van der Waals surface area contributed by atoms with Crippen LogP contribution >= 0.6 is 0 Å². The SMILES string of the molecule is COC(=O)c1ccc(C(/C=C/[C@@H](C)C(=O)NCc2ccc(C)o2)NC(=O)OCc2ccccc2)cc1. The van der Waals surface area contributed by atoms with Gasteiger partial charge in [-0.2, -0.15) is 0 Å². The molecule has 0 aliphatic heterocycles. The Bertz CT molecular complexity index is 1180. The maximum Gasteiger partial charge on any atom is 0.408 e. The summed E-state index contributed by atoms with van der Waals surface area (Å²) in [7, 11) is 1.31. The molecule has 8 nitrogen and oxygen atoms in total. The number of nitrogens with one attached hydrogen (secondary N) is 2. The first-order valence-electron chi connectivity index (χ1n) is 11.5. The van der Waals surface area contributed by atoms with Crippen molar-refractivity contribution in [1.82, 2.24) is 10.6 Å². The van der Waals surface area contributed by atoms with Gasteiger partial charge in [0.15, 0.2) is 0 Å². The van der Waals surface area contributed by atoms with Crippen LogP contribution in [0, 0.1) is 12.8 Å². The van der Waals surface area contributed by atoms with Crippen molar-refractivity contribution in [3.8, 4) is 0 Å². The fourth-order valence-corrected chi connectivity index (χ4v) is 3.36. The zero-order chi connectivity index (χ0) is 25.9. The molecule has 0 saturated heterocycles. The van der Waals surface area contributed by atoms with Crippen molar-refractivity contribution in [3.05, 3.63) is 107 Å². The summed E-state index contributed by atoms with van der Waals surface area (Å²) in [5, 5.41) is 5.64. The summed E-state index contributed by atoms with van der Waals surface area (Å²) in [5.74, 6) is 0.328. The Balaban J connectivity index is 1.67. The lowest BCUT2D eigenvalue weighted by molar-refractivity contribution is -0.123. The normalized spacial score (nSPS) is 12.5. The molecule has 1 aromatic heterocycles. The monoisotopic (exact) mass is 490 g/mol. The summed E-state index contributed by atoms with van der Waals surface area (Å²) in [4.78, 5) is 36.8. The first kappa shape index (κ1) is 26.3. The third kappa shape index (κ3) is 7.87. The number of esters is 1. The number of furan rings is 1. The van der Waals surface area contributed by atoms with Gasteiger partial charge >= 0.3 is 12.1 Å². The molecule has 0 aliphatic rings. The highest BCUT2D eigenvalue weighted by Gasteiger charge is 2.16. The number of aryl methyl sites for hydroxylation is 1. The standard InChI is InChI=1S/C28H30N2O6/c1-19(26(31)29-17-24-15-10-20(2)36-24)9-16-25(22-11-13-23(14-12-22)27(32)34-3)30-28(33)35-18-21-7-5-4-6-8-21/h4-16,19,25H,17-18H2,1-3H3,(H,29,31)(H,30,33)/b16-9+/t19-,25?/m1/s1. The first-order chi connectivity index (χ1) is 17.4. The molecule has 188 valence electrons. The van der Waals surface area contributed by atoms with Crippen molar-refractivity contribution < 1.29 is 28.3 Å². The average molecular weight is 491 g/mol. The fourth-order valence-electron chi connectivity index (χ4n) is 3.36. The molecule has 2 atom stereocenters. The number of hydrogen-bond acceptors (Lipinski definition) is 6. The summed E-state index contributed by atoms with van der Waals surface area (Å²) < 4.78 is 15.6. The number of alkyl carbamates (subject to hydrolysis) is 1. The van der Waals surface area contributed by atoms with Gasteiger partial charge in [-0.1, -0.05) is 61.5 Å². The Morgan fingerprint density at radius 2 is 1.69 bits per heavy atom. The Morgan fingerprint density at radius 3 is 2.33 bits per heavy atom. The molecule has 36 heavy (non-hydrogen) atoms. The molecule has 3 rings (SSSR count). The van der Waals surface area contributed by atoms with Gasteiger partial charge in [-0.05, 0) is 42.3 Å². The Hall–Kier alpha value is -4.33. The van der Waals surface area contributed by atoms with E-state index in [4.69, 9.17) is 13.9 Å². The van der Waals surface area contributed by atoms with Gasteiger partial charge in [0.25, 0.3) is 0 Å². The van der Waals surface area contributed by atoms with E-state index in [2.05, 4.69) is 10.6 Å². The predicted molar refractivity (Wildman–Crippen MR) is 134 cm³/mol. The van der Waals surface area contributed by atoms with Crippen molar-refractivity contribution in [2.24, 2.45) is 5.92 Å². The molecule has 2 amide bonds. The third-order valence-corrected chi connectivity index (χ3v) is 5.42. The molecule has 3 aromatic rings. The summed E-state index contributed by atoms with van der Waals surface area (Å²) >= 11 is 0. The second-order valence-corrected chi connectivity index (χ2v) is 8.20. The topological polar surface area (TPSA) is 107 Å². The molecule has 0 radical (unpaired) electrons. The molecule has 0 aliphatic carbocycles. The maximum absolute atomic E-state index is 12.5. The van der Waals surface area contributed by atoms with E-state index in [1.54, 1.807) is 43.3 Å². The number of methoxy groups -OCH3 is 1. The highest BCUT2D eigenvalue weighted by Crippen LogP contribution is 2.18. The second kappa shape index (κ2) is 12.9. The van der Waals surface area contributed by atoms with Crippen LogP contribution in [0.5, 0.6) is 0 Å². The van der Waals surface area contributed by atoms with Gasteiger partial charge < -0.3 is 24.5 Å². The Kier molecular flexibility index (Phi) is 9.45. The number of carbonyl (C=O) groups is 3. The maximum atomic E-state index is 12.5. The van der Waals surface area contributed by atoms with Crippen LogP contribution in [0.3, 0.4) is 0 Å². The lowest BCUT2D eigenvalue weighted by Gasteiger charge is -2.17. The predicted octanol–water partition coefficient (Wildman–Crippen LogP) is 4.85. The number of hydrogen-bond donors (Lipinski definition) is 2. The summed E-state index contributed by atoms with van der Waals surface area (Å²) in [6, 6.07) is 19.0. The number of amides is 2. The molecule has 0 bridgehead atoms. The number of carbonyl (C=O) groups excluding carboxylic acids is 3. The minimum absolute atomic E-state index is 0.120. The molecular weight excluding hydrogens is 460 g/mol. The van der Waals surface area contributed by atoms with Gasteiger partial charge in [-0.25, -0.2) is 9.59 Å². The average Bonchev–Trinajstić information content (AvgIpc) is 3.33. The minimum Gasteiger partial charge on any atom is -0.465 e. The molecule has 1 heterocycles. The van der Waals surface area contributed by atoms with Crippen molar-refractivity contribution in [2.75, 3.05) is 7.11 Å². The fraction of sp³-hybridized carbons (Fsp3) is 0.250. The number of rotatable bonds is 10. The van der Waals surface area contributed by atoms with Gasteiger partial charge in [-0.15, -0.1) is 0 Å². The Labute approximate surface area is 210 Å². The van der Waals surface area contributed by atoms with Crippen LogP contribution < -0.4 is 10.6 Å². The van der Waals surface area contributed by atoms with E-state index in [9.17, 15) is 14.4 Å². The zero-order valence-electron chi connectivity index (χ0n) is 20.5. The lowest BCUT2D eigenvalue weighted by Crippen LogP contribution is -2.29. The van der Waals surface area contributed by atoms with Crippen molar-refractivity contribution in [1.29, 1.82) is 0 Å². The third-order valence-electron chi connectivity index (χ3n) is 5.42. The van der Waals surface area contributed by atoms with Gasteiger partial charge in [0.05, 0.1) is 31.2 Å². The molecule has 2 N–H and O–H groups in total. The molecule has 0 fully saturated rings. The Morgan fingerprint density at radius 1 is 0.972 bits per heavy atom. The van der Waals surface area contributed by atoms with E-state index in [0.717, 1.165) is 11.3 Å². The van der Waals surface area contributed by atoms with E-state index in [1.165, 1.54) is 7.11 Å². The molecule has 2 aromatic carbocycles. The van der Waals surface area contributed by atoms with Crippen LogP contribution in [-0.4, -0.2) is 25.1 Å². The van der Waals surface area contributed by atoms with E-state index in [0.29, 0.717) is 16.9 Å². The molecule has 8 heteroatoms. The lowest BCUT2D eigenvalue weighted by atomic mass is 10.0. The van der Waals surface area contributed by atoms with E-state index in [1.807, 2.05) is 49.4 Å². The van der Waals surface area contributed by atoms with Crippen LogP contribution in [0.15, 0.2) is 83.3 Å². The van der Waals surface area contributed by atoms with Crippen molar-refractivity contribution >= 4 is 18.0 Å². The highest BCUT2D eigenvalue weighted by atomic mass is 16.5. The van der Waals surface area contributed by atoms with E-state index in [-0.39, 0.29) is 19.1 Å². The largest absolute Gasteiger partial charge is 0.465 e. The second-order valence-electron chi connectivity index (χ2n) is 8.20. The summed E-state index contributed by atoms with van der Waals surface area (Å²) in [5.41, 5.74) is 1.95. The van der Waals surface area contributed by atoms with E-state index < -0.39 is 24.0 Å². The van der Waals surface area contributed by atoms with Gasteiger partial charge in [0, 0.05) is 0 Å². The van der Waals surface area contributed by atoms with Crippen LogP contribution in [0.4, 0.5) is 4.79 Å². The molecule has 0 saturated carbocycles. The summed E-state index contributed by atoms with van der Waals surface area (Å²) in [6.07, 6.45) is 2.81.